The molecular weight excluding hydrogens is 620 g/mol. The molecule has 12 nitrogen and oxygen atoms in total. The molecule has 0 spiro atoms. The van der Waals surface area contributed by atoms with Gasteiger partial charge in [-0.2, -0.15) is 0 Å². The highest BCUT2D eigenvalue weighted by molar-refractivity contribution is 6.14. The van der Waals surface area contributed by atoms with Crippen molar-refractivity contribution in [2.45, 2.75) is 113 Å². The molecule has 0 radical (unpaired) electrons. The number of hydrogen-bond donors (Lipinski definition) is 4. The van der Waals surface area contributed by atoms with Gasteiger partial charge in [0.05, 0.1) is 12.8 Å². The number of Topliss-reactive ketones (excluding diaryl/α,β-unsaturated/α-hetero) is 2. The molecule has 6 aliphatic heterocycles. The zero-order chi connectivity index (χ0) is 34.3. The van der Waals surface area contributed by atoms with Crippen LogP contribution in [0.25, 0.3) is 0 Å². The SMILES string of the molecule is CC(C)C[C@@]12NC(=O)[C@]3(O)C(=O)C[C@@](Cc4ccccc4)(O[C@@H]31)O2.CC(C)C[C@@]12NC(=O)[C@]3(O)C(=O)C[C@@](Cc4ccccc4)(O[C@@H]31)O2. The molecule has 0 saturated carbocycles. The van der Waals surface area contributed by atoms with Crippen molar-refractivity contribution in [1.29, 1.82) is 0 Å². The molecule has 4 N–H and O–H groups in total. The summed E-state index contributed by atoms with van der Waals surface area (Å²) in [5, 5.41) is 26.9. The summed E-state index contributed by atoms with van der Waals surface area (Å²) in [6, 6.07) is 19.2. The molecule has 0 aromatic heterocycles. The fourth-order valence-corrected chi connectivity index (χ4v) is 8.45. The quantitative estimate of drug-likeness (QED) is 0.306. The van der Waals surface area contributed by atoms with Gasteiger partial charge in [-0.25, -0.2) is 0 Å². The molecule has 4 bridgehead atoms. The van der Waals surface area contributed by atoms with Crippen LogP contribution in [0.15, 0.2) is 60.7 Å². The van der Waals surface area contributed by atoms with Crippen LogP contribution < -0.4 is 10.6 Å². The van der Waals surface area contributed by atoms with Gasteiger partial charge < -0.3 is 39.8 Å². The molecule has 8 atom stereocenters. The van der Waals surface area contributed by atoms with Crippen LogP contribution in [-0.4, -0.2) is 80.0 Å². The first kappa shape index (κ1) is 33.0. The predicted molar refractivity (Wildman–Crippen MR) is 167 cm³/mol. The van der Waals surface area contributed by atoms with Gasteiger partial charge in [0, 0.05) is 25.7 Å². The molecule has 2 aromatic carbocycles. The van der Waals surface area contributed by atoms with Crippen molar-refractivity contribution < 1.29 is 48.3 Å². The van der Waals surface area contributed by atoms with E-state index in [2.05, 4.69) is 10.6 Å². The molecule has 12 heteroatoms. The minimum absolute atomic E-state index is 0.137. The van der Waals surface area contributed by atoms with E-state index in [9.17, 15) is 29.4 Å². The van der Waals surface area contributed by atoms with Crippen molar-refractivity contribution in [2.24, 2.45) is 11.8 Å². The van der Waals surface area contributed by atoms with Gasteiger partial charge in [0.2, 0.25) is 11.2 Å². The number of carbonyl (C=O) groups is 4. The topological polar surface area (TPSA) is 170 Å². The fraction of sp³-hybridized carbons (Fsp3) is 0.556. The largest absolute Gasteiger partial charge is 0.371 e. The molecule has 8 rings (SSSR count). The normalized spacial score (nSPS) is 40.2. The lowest BCUT2D eigenvalue weighted by molar-refractivity contribution is -0.232. The van der Waals surface area contributed by atoms with E-state index < -0.39 is 69.8 Å². The van der Waals surface area contributed by atoms with Gasteiger partial charge in [-0.1, -0.05) is 88.4 Å². The highest BCUT2D eigenvalue weighted by Crippen LogP contribution is 2.55. The third kappa shape index (κ3) is 4.87. The van der Waals surface area contributed by atoms with Crippen LogP contribution in [0.1, 0.15) is 64.5 Å². The number of nitrogens with one attached hydrogen (secondary N) is 2. The van der Waals surface area contributed by atoms with E-state index in [0.29, 0.717) is 25.7 Å². The maximum atomic E-state index is 12.6. The van der Waals surface area contributed by atoms with Crippen LogP contribution in [0.4, 0.5) is 0 Å². The summed E-state index contributed by atoms with van der Waals surface area (Å²) in [5.41, 5.74) is -4.65. The average molecular weight is 663 g/mol. The Labute approximate surface area is 278 Å². The molecule has 0 aliphatic carbocycles. The first-order valence-electron chi connectivity index (χ1n) is 16.6. The van der Waals surface area contributed by atoms with Crippen molar-refractivity contribution in [3.05, 3.63) is 71.8 Å². The zero-order valence-corrected chi connectivity index (χ0v) is 27.5. The Morgan fingerprint density at radius 1 is 0.646 bits per heavy atom. The van der Waals surface area contributed by atoms with Crippen LogP contribution in [0, 0.1) is 11.8 Å². The highest BCUT2D eigenvalue weighted by atomic mass is 16.8. The van der Waals surface area contributed by atoms with Crippen molar-refractivity contribution in [3.63, 3.8) is 0 Å². The minimum Gasteiger partial charge on any atom is -0.371 e. The van der Waals surface area contributed by atoms with Crippen LogP contribution in [0.5, 0.6) is 0 Å². The Balaban J connectivity index is 0.000000152. The maximum absolute atomic E-state index is 12.6. The second-order valence-corrected chi connectivity index (χ2v) is 15.0. The summed E-state index contributed by atoms with van der Waals surface area (Å²) in [6.45, 7) is 7.98. The van der Waals surface area contributed by atoms with Crippen molar-refractivity contribution in [3.8, 4) is 0 Å². The van der Waals surface area contributed by atoms with Crippen LogP contribution >= 0.6 is 0 Å². The number of carbonyl (C=O) groups excluding carboxylic acids is 4. The van der Waals surface area contributed by atoms with E-state index in [1.54, 1.807) is 0 Å². The zero-order valence-electron chi connectivity index (χ0n) is 27.5. The van der Waals surface area contributed by atoms with Crippen LogP contribution in [-0.2, 0) is 51.0 Å². The summed E-state index contributed by atoms with van der Waals surface area (Å²) in [5.74, 6) is -4.39. The van der Waals surface area contributed by atoms with Crippen LogP contribution in [0.3, 0.4) is 0 Å². The number of hydrogen-bond acceptors (Lipinski definition) is 10. The van der Waals surface area contributed by atoms with Gasteiger partial charge in [-0.05, 0) is 23.0 Å². The number of aliphatic hydroxyl groups is 2. The second kappa shape index (κ2) is 11.0. The Kier molecular flexibility index (Phi) is 7.56. The second-order valence-electron chi connectivity index (χ2n) is 15.0. The molecule has 256 valence electrons. The summed E-state index contributed by atoms with van der Waals surface area (Å²) in [7, 11) is 0. The van der Waals surface area contributed by atoms with E-state index in [1.807, 2.05) is 88.4 Å². The first-order valence-corrected chi connectivity index (χ1v) is 16.6. The van der Waals surface area contributed by atoms with Crippen molar-refractivity contribution in [2.75, 3.05) is 0 Å². The van der Waals surface area contributed by atoms with Gasteiger partial charge in [0.15, 0.2) is 46.8 Å². The molecule has 2 aromatic rings. The standard InChI is InChI=1S/2C18H21NO5/c2*1-11(2)8-17-14-18(22,15(21)19-17)13(20)10-16(23-14,24-17)9-12-6-4-3-5-7-12/h2*3-7,11,14,22H,8-10H2,1-2H3,(H,19,21)/t2*14-,16+,17+,18+/m11/s1. The lowest BCUT2D eigenvalue weighted by Crippen LogP contribution is -2.60. The Bertz CT molecular complexity index is 1530. The van der Waals surface area contributed by atoms with E-state index >= 15 is 0 Å². The van der Waals surface area contributed by atoms with Gasteiger partial charge in [0.1, 0.15) is 0 Å². The maximum Gasteiger partial charge on any atom is 0.265 e. The average Bonchev–Trinajstić information content (AvgIpc) is 3.57. The lowest BCUT2D eigenvalue weighted by Gasteiger charge is -2.37. The number of fused-ring (bicyclic) bond motifs is 2. The number of ketones is 2. The highest BCUT2D eigenvalue weighted by Gasteiger charge is 2.79. The van der Waals surface area contributed by atoms with Gasteiger partial charge >= 0.3 is 0 Å². The number of rotatable bonds is 8. The molecule has 6 heterocycles. The number of ether oxygens (including phenoxy) is 4. The van der Waals surface area contributed by atoms with Crippen molar-refractivity contribution in [1.82, 2.24) is 10.6 Å². The minimum atomic E-state index is -2.15. The monoisotopic (exact) mass is 662 g/mol. The molecule has 6 aliphatic rings. The number of amides is 2. The van der Waals surface area contributed by atoms with Gasteiger partial charge in [0.25, 0.3) is 11.8 Å². The Morgan fingerprint density at radius 3 is 1.33 bits per heavy atom. The van der Waals surface area contributed by atoms with E-state index in [1.165, 1.54) is 0 Å². The third-order valence-electron chi connectivity index (χ3n) is 10.1. The van der Waals surface area contributed by atoms with Gasteiger partial charge in [-0.3, -0.25) is 19.2 Å². The smallest absolute Gasteiger partial charge is 0.265 e. The molecule has 0 unspecified atom stereocenters. The van der Waals surface area contributed by atoms with Crippen molar-refractivity contribution >= 4 is 23.4 Å². The summed E-state index contributed by atoms with van der Waals surface area (Å²) >= 11 is 0. The molecular formula is C36H42N2O10. The third-order valence-corrected chi connectivity index (χ3v) is 10.1. The molecule has 6 saturated heterocycles. The van der Waals surface area contributed by atoms with E-state index in [4.69, 9.17) is 18.9 Å². The molecule has 2 amide bonds. The molecule has 48 heavy (non-hydrogen) atoms. The van der Waals surface area contributed by atoms with E-state index in [-0.39, 0.29) is 24.7 Å². The van der Waals surface area contributed by atoms with Gasteiger partial charge in [-0.15, -0.1) is 0 Å². The van der Waals surface area contributed by atoms with E-state index in [0.717, 1.165) is 11.1 Å². The predicted octanol–water partition coefficient (Wildman–Crippen LogP) is 1.83. The summed E-state index contributed by atoms with van der Waals surface area (Å²) in [4.78, 5) is 49.8. The fourth-order valence-electron chi connectivity index (χ4n) is 8.45. The Morgan fingerprint density at radius 2 is 1.00 bits per heavy atom. The first-order chi connectivity index (χ1) is 22.6. The lowest BCUT2D eigenvalue weighted by atomic mass is 9.82. The molecule has 6 fully saturated rings. The summed E-state index contributed by atoms with van der Waals surface area (Å²) in [6.07, 6.45) is -0.575. The number of benzene rings is 2. The Hall–Kier alpha value is -3.52. The summed E-state index contributed by atoms with van der Waals surface area (Å²) < 4.78 is 24.6. The van der Waals surface area contributed by atoms with Crippen LogP contribution in [0.2, 0.25) is 0 Å².